The van der Waals surface area contributed by atoms with Crippen molar-refractivity contribution in [3.05, 3.63) is 64.6 Å². The number of thiazole rings is 1. The Bertz CT molecular complexity index is 1380. The molecule has 4 heterocycles. The number of nitrogens with one attached hydrogen (secondary N) is 1. The second-order valence-corrected chi connectivity index (χ2v) is 12.1. The van der Waals surface area contributed by atoms with E-state index in [9.17, 15) is 4.79 Å². The summed E-state index contributed by atoms with van der Waals surface area (Å²) in [6.07, 6.45) is 8.34. The third-order valence-corrected chi connectivity index (χ3v) is 8.03. The minimum Gasteiger partial charge on any atom is -0.487 e. The summed E-state index contributed by atoms with van der Waals surface area (Å²) in [4.78, 5) is 28.4. The predicted molar refractivity (Wildman–Crippen MR) is 156 cm³/mol. The van der Waals surface area contributed by atoms with Crippen molar-refractivity contribution < 1.29 is 14.0 Å². The fourth-order valence-corrected chi connectivity index (χ4v) is 5.53. The van der Waals surface area contributed by atoms with Crippen LogP contribution >= 0.6 is 11.3 Å². The Hall–Kier alpha value is -3.97. The maximum absolute atomic E-state index is 12.1. The second-order valence-electron chi connectivity index (χ2n) is 11.2. The summed E-state index contributed by atoms with van der Waals surface area (Å²) < 4.78 is 8.37. The van der Waals surface area contributed by atoms with Crippen LogP contribution in [0.15, 0.2) is 48.4 Å². The summed E-state index contributed by atoms with van der Waals surface area (Å²) in [5, 5.41) is 17.4. The number of hydrogen-bond acceptors (Lipinski definition) is 10. The number of ether oxygens (including phenoxy) is 1. The summed E-state index contributed by atoms with van der Waals surface area (Å²) >= 11 is 1.70. The number of aryl methyl sites for hydroxylation is 1. The average Bonchev–Trinajstić information content (AvgIpc) is 3.68. The summed E-state index contributed by atoms with van der Waals surface area (Å²) in [5.41, 5.74) is 2.79. The Balaban J connectivity index is 1.03. The topological polar surface area (TPSA) is 124 Å². The van der Waals surface area contributed by atoms with E-state index in [4.69, 9.17) is 9.72 Å². The first-order chi connectivity index (χ1) is 19.8. The maximum atomic E-state index is 12.1. The summed E-state index contributed by atoms with van der Waals surface area (Å²) in [6, 6.07) is 7.63. The molecule has 12 nitrogen and oxygen atoms in total. The molecule has 1 N–H and O–H groups in total. The highest BCUT2D eigenvalue weighted by molar-refractivity contribution is 7.09. The van der Waals surface area contributed by atoms with Crippen molar-refractivity contribution in [3.63, 3.8) is 0 Å². The van der Waals surface area contributed by atoms with Gasteiger partial charge in [-0.15, -0.1) is 16.4 Å². The van der Waals surface area contributed by atoms with E-state index in [1.54, 1.807) is 22.3 Å². The van der Waals surface area contributed by atoms with Crippen molar-refractivity contribution in [1.29, 1.82) is 0 Å². The Labute approximate surface area is 244 Å². The number of tetrazole rings is 1. The number of carbonyl (C=O) groups is 1. The molecular weight excluding hydrogens is 540 g/mol. The number of piperidine rings is 1. The number of aromatic nitrogens is 7. The average molecular weight is 578 g/mol. The van der Waals surface area contributed by atoms with Gasteiger partial charge in [-0.25, -0.2) is 19.6 Å². The van der Waals surface area contributed by atoms with E-state index in [1.165, 1.54) is 0 Å². The first-order valence-corrected chi connectivity index (χ1v) is 14.7. The van der Waals surface area contributed by atoms with Crippen LogP contribution in [0.3, 0.4) is 0 Å². The molecule has 0 radical (unpaired) electrons. The van der Waals surface area contributed by atoms with E-state index in [-0.39, 0.29) is 5.91 Å². The molecule has 1 saturated heterocycles. The number of anilines is 1. The molecule has 0 saturated carbocycles. The van der Waals surface area contributed by atoms with E-state index in [1.807, 2.05) is 36.7 Å². The molecule has 41 heavy (non-hydrogen) atoms. The van der Waals surface area contributed by atoms with Crippen LogP contribution in [0.4, 0.5) is 5.95 Å². The Kier molecular flexibility index (Phi) is 9.14. The second kappa shape index (κ2) is 13.1. The minimum atomic E-state index is 0.0671. The number of nitrogens with zero attached hydrogens (tertiary/aromatic N) is 9. The van der Waals surface area contributed by atoms with Crippen LogP contribution in [0.25, 0.3) is 5.69 Å². The lowest BCUT2D eigenvalue weighted by Gasteiger charge is -2.31. The van der Waals surface area contributed by atoms with E-state index in [2.05, 4.69) is 62.2 Å². The van der Waals surface area contributed by atoms with Gasteiger partial charge in [-0.3, -0.25) is 4.79 Å². The number of amides is 1. The number of likely N-dealkylation sites (N-methyl/N-ethyl adjacent to an activating group) is 1. The van der Waals surface area contributed by atoms with E-state index >= 15 is 0 Å². The molecule has 0 unspecified atom stereocenters. The molecule has 0 bridgehead atoms. The highest BCUT2D eigenvalue weighted by Crippen LogP contribution is 2.31. The number of quaternary nitrogens is 1. The molecule has 1 aromatic carbocycles. The molecule has 13 heteroatoms. The monoisotopic (exact) mass is 577 g/mol. The smallest absolute Gasteiger partial charge is 0.225 e. The molecule has 1 fully saturated rings. The zero-order valence-electron chi connectivity index (χ0n) is 23.8. The lowest BCUT2D eigenvalue weighted by Crippen LogP contribution is -2.41. The molecule has 3 aromatic heterocycles. The quantitative estimate of drug-likeness (QED) is 0.253. The fraction of sp³-hybridized carbons (Fsp3) is 0.464. The van der Waals surface area contributed by atoms with Crippen molar-refractivity contribution >= 4 is 23.2 Å². The van der Waals surface area contributed by atoms with Gasteiger partial charge in [0.1, 0.15) is 18.7 Å². The van der Waals surface area contributed by atoms with Gasteiger partial charge < -0.3 is 19.4 Å². The van der Waals surface area contributed by atoms with Crippen molar-refractivity contribution in [1.82, 2.24) is 40.5 Å². The molecule has 216 valence electrons. The summed E-state index contributed by atoms with van der Waals surface area (Å²) in [5.74, 6) is 2.02. The summed E-state index contributed by atoms with van der Waals surface area (Å²) in [7, 11) is 6.34. The highest BCUT2D eigenvalue weighted by Gasteiger charge is 2.24. The molecule has 0 aliphatic carbocycles. The van der Waals surface area contributed by atoms with Crippen LogP contribution in [-0.2, 0) is 17.8 Å². The Morgan fingerprint density at radius 1 is 1.12 bits per heavy atom. The number of carbonyl (C=O) groups excluding carboxylic acids is 1. The van der Waals surface area contributed by atoms with Crippen molar-refractivity contribution in [2.45, 2.75) is 38.2 Å². The van der Waals surface area contributed by atoms with E-state index in [0.29, 0.717) is 31.9 Å². The zero-order valence-corrected chi connectivity index (χ0v) is 24.6. The predicted octanol–water partition coefficient (Wildman–Crippen LogP) is 2.63. The van der Waals surface area contributed by atoms with Crippen LogP contribution in [0.1, 0.15) is 41.4 Å². The van der Waals surface area contributed by atoms with Gasteiger partial charge in [-0.05, 0) is 59.5 Å². The molecule has 0 spiro atoms. The Morgan fingerprint density at radius 2 is 1.88 bits per heavy atom. The normalized spacial score (nSPS) is 14.3. The van der Waals surface area contributed by atoms with E-state index < -0.39 is 0 Å². The van der Waals surface area contributed by atoms with Crippen LogP contribution in [0.5, 0.6) is 5.75 Å². The van der Waals surface area contributed by atoms with Crippen LogP contribution < -0.4 is 15.0 Å². The molecular formula is C28H37N10O2S+. The first-order valence-electron chi connectivity index (χ1n) is 13.9. The van der Waals surface area contributed by atoms with E-state index in [0.717, 1.165) is 70.6 Å². The van der Waals surface area contributed by atoms with Gasteiger partial charge in [-0.1, -0.05) is 0 Å². The maximum Gasteiger partial charge on any atom is 0.225 e. The number of rotatable bonds is 12. The molecule has 1 aliphatic rings. The van der Waals surface area contributed by atoms with Crippen LogP contribution in [-0.4, -0.2) is 92.9 Å². The van der Waals surface area contributed by atoms with Gasteiger partial charge in [0.15, 0.2) is 0 Å². The third kappa shape index (κ3) is 8.27. The van der Waals surface area contributed by atoms with Crippen molar-refractivity contribution in [3.8, 4) is 11.4 Å². The number of benzene rings is 1. The lowest BCUT2D eigenvalue weighted by atomic mass is 9.98. The standard InChI is InChI=1S/C28H36N10O2S/c1-38(2,3)15-12-29-26(39)9-4-21-16-30-28(31-17-21)36-13-10-22(11-14-36)27-33-23(19-41-27)18-40-25-7-5-24(6-8-25)37-20-32-34-35-37/h5-8,16-17,19-20,22H,4,9-15,18H2,1-3H3/p+1. The lowest BCUT2D eigenvalue weighted by molar-refractivity contribution is -0.869. The van der Waals surface area contributed by atoms with Gasteiger partial charge in [0.25, 0.3) is 0 Å². The fourth-order valence-electron chi connectivity index (χ4n) is 4.55. The number of hydrogen-bond donors (Lipinski definition) is 1. The van der Waals surface area contributed by atoms with Crippen molar-refractivity contribution in [2.24, 2.45) is 0 Å². The largest absolute Gasteiger partial charge is 0.487 e. The van der Waals surface area contributed by atoms with Crippen LogP contribution in [0, 0.1) is 0 Å². The SMILES string of the molecule is C[N+](C)(C)CCNC(=O)CCc1cnc(N2CCC(c3nc(COc4ccc(-n5cnnn5)cc4)cs3)CC2)nc1. The Morgan fingerprint density at radius 3 is 2.56 bits per heavy atom. The molecule has 5 rings (SSSR count). The van der Waals surface area contributed by atoms with Gasteiger partial charge in [-0.2, -0.15) is 0 Å². The van der Waals surface area contributed by atoms with Gasteiger partial charge >= 0.3 is 0 Å². The van der Waals surface area contributed by atoms with Gasteiger partial charge in [0, 0.05) is 43.2 Å². The molecule has 0 atom stereocenters. The molecule has 4 aromatic rings. The first kappa shape index (κ1) is 28.6. The van der Waals surface area contributed by atoms with Gasteiger partial charge in [0.05, 0.1) is 50.6 Å². The highest BCUT2D eigenvalue weighted by atomic mass is 32.1. The molecule has 1 aliphatic heterocycles. The third-order valence-electron chi connectivity index (χ3n) is 6.97. The zero-order chi connectivity index (χ0) is 28.7. The minimum absolute atomic E-state index is 0.0671. The van der Waals surface area contributed by atoms with Crippen LogP contribution in [0.2, 0.25) is 0 Å². The van der Waals surface area contributed by atoms with Gasteiger partial charge in [0.2, 0.25) is 11.9 Å². The summed E-state index contributed by atoms with van der Waals surface area (Å²) in [6.45, 7) is 3.79. The molecule has 1 amide bonds. The van der Waals surface area contributed by atoms with Crippen molar-refractivity contribution in [2.75, 3.05) is 52.2 Å².